The molecule has 0 bridgehead atoms. The van der Waals surface area contributed by atoms with E-state index in [1.807, 2.05) is 48.5 Å². The SMILES string of the molecule is Cc1ccc(-c2cc(CC(=O)O)ccc2OCc2ccccc2)c(C)c1. The van der Waals surface area contributed by atoms with E-state index in [0.29, 0.717) is 6.61 Å². The third-order valence-electron chi connectivity index (χ3n) is 4.31. The predicted octanol–water partition coefficient (Wildman–Crippen LogP) is 5.18. The molecule has 0 amide bonds. The smallest absolute Gasteiger partial charge is 0.307 e. The second kappa shape index (κ2) is 7.87. The summed E-state index contributed by atoms with van der Waals surface area (Å²) in [7, 11) is 0. The average Bonchev–Trinajstić information content (AvgIpc) is 2.61. The fourth-order valence-electron chi connectivity index (χ4n) is 3.05. The first-order valence-corrected chi connectivity index (χ1v) is 8.62. The van der Waals surface area contributed by atoms with Crippen LogP contribution < -0.4 is 4.74 Å². The number of benzene rings is 3. The summed E-state index contributed by atoms with van der Waals surface area (Å²) in [6, 6.07) is 21.9. The Bertz CT molecular complexity index is 914. The van der Waals surface area contributed by atoms with E-state index in [-0.39, 0.29) is 6.42 Å². The van der Waals surface area contributed by atoms with Crippen LogP contribution in [0.25, 0.3) is 11.1 Å². The molecule has 0 spiro atoms. The van der Waals surface area contributed by atoms with Crippen molar-refractivity contribution in [1.29, 1.82) is 0 Å². The molecule has 0 heterocycles. The standard InChI is InChI=1S/C23H22O3/c1-16-8-10-20(17(2)12-16)21-13-19(14-23(24)25)9-11-22(21)26-15-18-6-4-3-5-7-18/h3-13H,14-15H2,1-2H3,(H,24,25). The van der Waals surface area contributed by atoms with E-state index in [1.54, 1.807) is 0 Å². The van der Waals surface area contributed by atoms with Gasteiger partial charge in [-0.3, -0.25) is 4.79 Å². The highest BCUT2D eigenvalue weighted by Gasteiger charge is 2.12. The third kappa shape index (κ3) is 4.31. The molecule has 0 atom stereocenters. The number of carboxylic acid groups (broad SMARTS) is 1. The summed E-state index contributed by atoms with van der Waals surface area (Å²) in [6.07, 6.45) is -0.00310. The Morgan fingerprint density at radius 3 is 2.35 bits per heavy atom. The van der Waals surface area contributed by atoms with Crippen molar-refractivity contribution < 1.29 is 14.6 Å². The number of aliphatic carboxylic acids is 1. The Labute approximate surface area is 153 Å². The fraction of sp³-hybridized carbons (Fsp3) is 0.174. The molecule has 3 nitrogen and oxygen atoms in total. The van der Waals surface area contributed by atoms with Crippen LogP contribution in [-0.4, -0.2) is 11.1 Å². The van der Waals surface area contributed by atoms with Crippen LogP contribution in [0.1, 0.15) is 22.3 Å². The lowest BCUT2D eigenvalue weighted by Crippen LogP contribution is -2.02. The lowest BCUT2D eigenvalue weighted by Gasteiger charge is -2.15. The number of aryl methyl sites for hydroxylation is 2. The van der Waals surface area contributed by atoms with E-state index in [4.69, 9.17) is 9.84 Å². The lowest BCUT2D eigenvalue weighted by atomic mass is 9.96. The van der Waals surface area contributed by atoms with E-state index in [0.717, 1.165) is 33.6 Å². The molecule has 0 aliphatic heterocycles. The van der Waals surface area contributed by atoms with Gasteiger partial charge >= 0.3 is 5.97 Å². The molecule has 0 aromatic heterocycles. The normalized spacial score (nSPS) is 10.5. The van der Waals surface area contributed by atoms with Crippen molar-refractivity contribution in [3.63, 3.8) is 0 Å². The van der Waals surface area contributed by atoms with Gasteiger partial charge in [-0.1, -0.05) is 60.2 Å². The minimum Gasteiger partial charge on any atom is -0.488 e. The maximum atomic E-state index is 11.1. The van der Waals surface area contributed by atoms with Gasteiger partial charge in [0.05, 0.1) is 6.42 Å². The minimum absolute atomic E-state index is 0.00310. The predicted molar refractivity (Wildman–Crippen MR) is 103 cm³/mol. The van der Waals surface area contributed by atoms with E-state index in [2.05, 4.69) is 32.0 Å². The Morgan fingerprint density at radius 2 is 1.65 bits per heavy atom. The van der Waals surface area contributed by atoms with Crippen LogP contribution >= 0.6 is 0 Å². The van der Waals surface area contributed by atoms with Gasteiger partial charge in [0.1, 0.15) is 12.4 Å². The lowest BCUT2D eigenvalue weighted by molar-refractivity contribution is -0.136. The van der Waals surface area contributed by atoms with Gasteiger partial charge in [0, 0.05) is 5.56 Å². The second-order valence-corrected chi connectivity index (χ2v) is 6.49. The molecule has 3 aromatic carbocycles. The zero-order valence-corrected chi connectivity index (χ0v) is 15.0. The first kappa shape index (κ1) is 17.7. The van der Waals surface area contributed by atoms with Crippen molar-refractivity contribution in [2.24, 2.45) is 0 Å². The van der Waals surface area contributed by atoms with Crippen molar-refractivity contribution in [3.05, 3.63) is 89.0 Å². The van der Waals surface area contributed by atoms with Crippen LogP contribution in [0.4, 0.5) is 0 Å². The second-order valence-electron chi connectivity index (χ2n) is 6.49. The zero-order valence-electron chi connectivity index (χ0n) is 15.0. The average molecular weight is 346 g/mol. The molecule has 0 aliphatic carbocycles. The first-order chi connectivity index (χ1) is 12.5. The summed E-state index contributed by atoms with van der Waals surface area (Å²) in [6.45, 7) is 4.59. The van der Waals surface area contributed by atoms with Crippen LogP contribution in [0.2, 0.25) is 0 Å². The van der Waals surface area contributed by atoms with Crippen LogP contribution in [0.5, 0.6) is 5.75 Å². The van der Waals surface area contributed by atoms with E-state index in [1.165, 1.54) is 5.56 Å². The summed E-state index contributed by atoms with van der Waals surface area (Å²) in [5, 5.41) is 9.11. The highest BCUT2D eigenvalue weighted by molar-refractivity contribution is 5.76. The molecule has 0 saturated carbocycles. The van der Waals surface area contributed by atoms with E-state index < -0.39 is 5.97 Å². The van der Waals surface area contributed by atoms with Crippen molar-refractivity contribution in [1.82, 2.24) is 0 Å². The van der Waals surface area contributed by atoms with Gasteiger partial charge < -0.3 is 9.84 Å². The molecule has 0 aliphatic rings. The monoisotopic (exact) mass is 346 g/mol. The third-order valence-corrected chi connectivity index (χ3v) is 4.31. The van der Waals surface area contributed by atoms with Crippen LogP contribution in [0.3, 0.4) is 0 Å². The topological polar surface area (TPSA) is 46.5 Å². The molecular weight excluding hydrogens is 324 g/mol. The molecule has 1 N–H and O–H groups in total. The Balaban J connectivity index is 1.98. The van der Waals surface area contributed by atoms with E-state index in [9.17, 15) is 4.79 Å². The number of ether oxygens (including phenoxy) is 1. The maximum absolute atomic E-state index is 11.1. The van der Waals surface area contributed by atoms with Crippen LogP contribution in [-0.2, 0) is 17.8 Å². The van der Waals surface area contributed by atoms with Gasteiger partial charge in [-0.2, -0.15) is 0 Å². The summed E-state index contributed by atoms with van der Waals surface area (Å²) >= 11 is 0. The van der Waals surface area contributed by atoms with Crippen molar-refractivity contribution in [2.45, 2.75) is 26.9 Å². The number of hydrogen-bond donors (Lipinski definition) is 1. The Hall–Kier alpha value is -3.07. The van der Waals surface area contributed by atoms with Gasteiger partial charge in [-0.15, -0.1) is 0 Å². The molecule has 132 valence electrons. The van der Waals surface area contributed by atoms with E-state index >= 15 is 0 Å². The molecule has 0 fully saturated rings. The summed E-state index contributed by atoms with van der Waals surface area (Å²) in [5.74, 6) is -0.0792. The van der Waals surface area contributed by atoms with Crippen molar-refractivity contribution in [3.8, 4) is 16.9 Å². The molecule has 26 heavy (non-hydrogen) atoms. The fourth-order valence-corrected chi connectivity index (χ4v) is 3.05. The first-order valence-electron chi connectivity index (χ1n) is 8.62. The molecule has 0 saturated heterocycles. The van der Waals surface area contributed by atoms with Gasteiger partial charge in [0.2, 0.25) is 0 Å². The van der Waals surface area contributed by atoms with Crippen molar-refractivity contribution >= 4 is 5.97 Å². The molecule has 0 radical (unpaired) electrons. The van der Waals surface area contributed by atoms with Gasteiger partial charge in [0.15, 0.2) is 0 Å². The molecule has 3 rings (SSSR count). The van der Waals surface area contributed by atoms with Gasteiger partial charge in [0.25, 0.3) is 0 Å². The molecule has 3 aromatic rings. The number of carboxylic acids is 1. The number of rotatable bonds is 6. The molecule has 0 unspecified atom stereocenters. The largest absolute Gasteiger partial charge is 0.488 e. The summed E-state index contributed by atoms with van der Waals surface area (Å²) in [4.78, 5) is 11.1. The van der Waals surface area contributed by atoms with Gasteiger partial charge in [-0.25, -0.2) is 0 Å². The summed E-state index contributed by atoms with van der Waals surface area (Å²) < 4.78 is 6.08. The molecular formula is C23H22O3. The zero-order chi connectivity index (χ0) is 18.5. The van der Waals surface area contributed by atoms with Crippen LogP contribution in [0.15, 0.2) is 66.7 Å². The van der Waals surface area contributed by atoms with Gasteiger partial charge in [-0.05, 0) is 48.2 Å². The Morgan fingerprint density at radius 1 is 0.885 bits per heavy atom. The minimum atomic E-state index is -0.838. The van der Waals surface area contributed by atoms with Crippen molar-refractivity contribution in [2.75, 3.05) is 0 Å². The highest BCUT2D eigenvalue weighted by atomic mass is 16.5. The Kier molecular flexibility index (Phi) is 5.37. The number of hydrogen-bond acceptors (Lipinski definition) is 2. The van der Waals surface area contributed by atoms with Crippen LogP contribution in [0, 0.1) is 13.8 Å². The quantitative estimate of drug-likeness (QED) is 0.669. The highest BCUT2D eigenvalue weighted by Crippen LogP contribution is 2.34. The number of carbonyl (C=O) groups is 1. The molecule has 3 heteroatoms. The maximum Gasteiger partial charge on any atom is 0.307 e. The summed E-state index contributed by atoms with van der Waals surface area (Å²) in [5.41, 5.74) is 6.18.